The summed E-state index contributed by atoms with van der Waals surface area (Å²) < 4.78 is 4.69. The Balaban J connectivity index is 1.08. The largest absolute Gasteiger partial charge is 0.309 e. The molecule has 270 valence electrons. The number of fused-ring (bicyclic) bond motifs is 8. The lowest BCUT2D eigenvalue weighted by atomic mass is 10.1. The van der Waals surface area contributed by atoms with Gasteiger partial charge in [0.05, 0.1) is 34.0 Å². The van der Waals surface area contributed by atoms with Crippen LogP contribution in [0, 0.1) is 0 Å². The van der Waals surface area contributed by atoms with E-state index in [2.05, 4.69) is 191 Å². The van der Waals surface area contributed by atoms with Crippen molar-refractivity contribution in [3.8, 4) is 45.5 Å². The van der Waals surface area contributed by atoms with Crippen molar-refractivity contribution in [1.29, 1.82) is 0 Å². The highest BCUT2D eigenvalue weighted by Gasteiger charge is 2.20. The Kier molecular flexibility index (Phi) is 7.13. The van der Waals surface area contributed by atoms with Crippen molar-refractivity contribution in [2.75, 3.05) is 0 Å². The standard InChI is InChI=1S/C52H32N6/c1-2-16-40(17-3-1)57-46-20-10-8-18-42(46)44-29-45-43-19-9-11-21-47(43)58(49(45)30-48(44)57)41-28-39(31-53-32-41)52-55-50(37-24-22-33-12-4-6-14-35(33)26-37)54-51(56-52)38-25-23-34-13-5-7-15-36(34)27-38/h1-32H. The van der Waals surface area contributed by atoms with Crippen molar-refractivity contribution in [3.63, 3.8) is 0 Å². The molecular weight excluding hydrogens is 709 g/mol. The topological polar surface area (TPSA) is 61.4 Å². The van der Waals surface area contributed by atoms with E-state index in [1.165, 1.54) is 37.8 Å². The highest BCUT2D eigenvalue weighted by Crippen LogP contribution is 2.40. The molecule has 0 aliphatic rings. The summed E-state index contributed by atoms with van der Waals surface area (Å²) in [6, 6.07) is 64.2. The van der Waals surface area contributed by atoms with Crippen LogP contribution in [0.2, 0.25) is 0 Å². The van der Waals surface area contributed by atoms with E-state index in [0.717, 1.165) is 55.4 Å². The van der Waals surface area contributed by atoms with Gasteiger partial charge in [0.15, 0.2) is 17.5 Å². The lowest BCUT2D eigenvalue weighted by Crippen LogP contribution is -2.02. The molecule has 12 aromatic rings. The fraction of sp³-hybridized carbons (Fsp3) is 0. The van der Waals surface area contributed by atoms with E-state index < -0.39 is 0 Å². The van der Waals surface area contributed by atoms with E-state index >= 15 is 0 Å². The maximum atomic E-state index is 5.15. The molecule has 0 amide bonds. The van der Waals surface area contributed by atoms with Gasteiger partial charge in [-0.1, -0.05) is 127 Å². The van der Waals surface area contributed by atoms with Crippen LogP contribution in [0.4, 0.5) is 0 Å². The summed E-state index contributed by atoms with van der Waals surface area (Å²) in [4.78, 5) is 20.3. The van der Waals surface area contributed by atoms with Gasteiger partial charge in [-0.15, -0.1) is 0 Å². The summed E-state index contributed by atoms with van der Waals surface area (Å²) >= 11 is 0. The zero-order valence-electron chi connectivity index (χ0n) is 31.2. The summed E-state index contributed by atoms with van der Waals surface area (Å²) in [6.07, 6.45) is 3.79. The van der Waals surface area contributed by atoms with Crippen LogP contribution in [0.5, 0.6) is 0 Å². The van der Waals surface area contributed by atoms with Crippen LogP contribution in [-0.4, -0.2) is 29.1 Å². The van der Waals surface area contributed by atoms with Gasteiger partial charge in [0.25, 0.3) is 0 Å². The number of benzene rings is 8. The molecule has 0 radical (unpaired) electrons. The first-order valence-electron chi connectivity index (χ1n) is 19.5. The second-order valence-electron chi connectivity index (χ2n) is 14.8. The van der Waals surface area contributed by atoms with Crippen molar-refractivity contribution in [1.82, 2.24) is 29.1 Å². The normalized spacial score (nSPS) is 11.8. The predicted octanol–water partition coefficient (Wildman–Crippen LogP) is 12.8. The molecular formula is C52H32N6. The Labute approximate surface area is 333 Å². The number of pyridine rings is 1. The fourth-order valence-corrected chi connectivity index (χ4v) is 8.66. The smallest absolute Gasteiger partial charge is 0.165 e. The third-order valence-electron chi connectivity index (χ3n) is 11.4. The lowest BCUT2D eigenvalue weighted by Gasteiger charge is -2.12. The van der Waals surface area contributed by atoms with Crippen LogP contribution < -0.4 is 0 Å². The minimum Gasteiger partial charge on any atom is -0.309 e. The number of hydrogen-bond acceptors (Lipinski definition) is 4. The molecule has 6 nitrogen and oxygen atoms in total. The van der Waals surface area contributed by atoms with Crippen molar-refractivity contribution in [3.05, 3.63) is 194 Å². The van der Waals surface area contributed by atoms with Gasteiger partial charge in [-0.05, 0) is 76.1 Å². The van der Waals surface area contributed by atoms with Crippen LogP contribution in [0.3, 0.4) is 0 Å². The molecule has 0 aliphatic heterocycles. The molecule has 0 bridgehead atoms. The van der Waals surface area contributed by atoms with Gasteiger partial charge in [-0.3, -0.25) is 4.98 Å². The van der Waals surface area contributed by atoms with Gasteiger partial charge in [0.2, 0.25) is 0 Å². The fourth-order valence-electron chi connectivity index (χ4n) is 8.66. The Morgan fingerprint density at radius 1 is 0.293 bits per heavy atom. The molecule has 58 heavy (non-hydrogen) atoms. The van der Waals surface area contributed by atoms with Crippen molar-refractivity contribution in [2.24, 2.45) is 0 Å². The van der Waals surface area contributed by atoms with Crippen LogP contribution in [0.1, 0.15) is 0 Å². The van der Waals surface area contributed by atoms with E-state index in [1.807, 2.05) is 12.4 Å². The monoisotopic (exact) mass is 740 g/mol. The van der Waals surface area contributed by atoms with Crippen LogP contribution in [-0.2, 0) is 0 Å². The van der Waals surface area contributed by atoms with Crippen molar-refractivity contribution < 1.29 is 0 Å². The molecule has 0 spiro atoms. The first kappa shape index (κ1) is 32.3. The maximum absolute atomic E-state index is 5.15. The van der Waals surface area contributed by atoms with E-state index in [9.17, 15) is 0 Å². The Hall–Kier alpha value is -7.96. The number of aromatic nitrogens is 6. The highest BCUT2D eigenvalue weighted by molar-refractivity contribution is 6.19. The van der Waals surface area contributed by atoms with Gasteiger partial charge in [0.1, 0.15) is 0 Å². The van der Waals surface area contributed by atoms with Crippen molar-refractivity contribution in [2.45, 2.75) is 0 Å². The molecule has 0 fully saturated rings. The molecule has 0 unspecified atom stereocenters. The third kappa shape index (κ3) is 5.12. The molecule has 0 atom stereocenters. The average Bonchev–Trinajstić information content (AvgIpc) is 3.80. The Bertz CT molecular complexity index is 3480. The van der Waals surface area contributed by atoms with Crippen LogP contribution >= 0.6 is 0 Å². The summed E-state index contributed by atoms with van der Waals surface area (Å²) in [7, 11) is 0. The minimum atomic E-state index is 0.558. The number of rotatable bonds is 5. The molecule has 0 aliphatic carbocycles. The van der Waals surface area contributed by atoms with Gasteiger partial charge in [0, 0.05) is 50.1 Å². The zero-order chi connectivity index (χ0) is 38.2. The van der Waals surface area contributed by atoms with Gasteiger partial charge >= 0.3 is 0 Å². The third-order valence-corrected chi connectivity index (χ3v) is 11.4. The highest BCUT2D eigenvalue weighted by atomic mass is 15.0. The molecule has 0 saturated carbocycles. The predicted molar refractivity (Wildman–Crippen MR) is 238 cm³/mol. The quantitative estimate of drug-likeness (QED) is 0.176. The van der Waals surface area contributed by atoms with Crippen molar-refractivity contribution >= 4 is 65.2 Å². The summed E-state index contributed by atoms with van der Waals surface area (Å²) in [6.45, 7) is 0. The van der Waals surface area contributed by atoms with Gasteiger partial charge in [-0.25, -0.2) is 15.0 Å². The Morgan fingerprint density at radius 3 is 1.36 bits per heavy atom. The van der Waals surface area contributed by atoms with E-state index in [4.69, 9.17) is 19.9 Å². The SMILES string of the molecule is c1ccc(-n2c3ccccc3c3cc4c5ccccc5n(-c5cncc(-c6nc(-c7ccc8ccccc8c7)nc(-c7ccc8ccccc8c7)n6)c5)c4cc32)cc1. The maximum Gasteiger partial charge on any atom is 0.165 e. The lowest BCUT2D eigenvalue weighted by molar-refractivity contribution is 1.06. The first-order valence-corrected chi connectivity index (χ1v) is 19.5. The molecule has 4 heterocycles. The molecule has 0 N–H and O–H groups in total. The summed E-state index contributed by atoms with van der Waals surface area (Å²) in [5.74, 6) is 1.78. The van der Waals surface area contributed by atoms with E-state index in [-0.39, 0.29) is 0 Å². The zero-order valence-corrected chi connectivity index (χ0v) is 31.2. The summed E-state index contributed by atoms with van der Waals surface area (Å²) in [5, 5.41) is 9.40. The second-order valence-corrected chi connectivity index (χ2v) is 14.8. The first-order chi connectivity index (χ1) is 28.7. The van der Waals surface area contributed by atoms with Gasteiger partial charge < -0.3 is 9.13 Å². The number of hydrogen-bond donors (Lipinski definition) is 0. The molecule has 8 aromatic carbocycles. The molecule has 4 aromatic heterocycles. The average molecular weight is 741 g/mol. The van der Waals surface area contributed by atoms with Gasteiger partial charge in [-0.2, -0.15) is 0 Å². The number of para-hydroxylation sites is 3. The Morgan fingerprint density at radius 2 is 0.776 bits per heavy atom. The molecule has 6 heteroatoms. The summed E-state index contributed by atoms with van der Waals surface area (Å²) in [5.41, 5.74) is 9.21. The minimum absolute atomic E-state index is 0.558. The van der Waals surface area contributed by atoms with E-state index in [1.54, 1.807) is 0 Å². The number of nitrogens with zero attached hydrogens (tertiary/aromatic N) is 6. The van der Waals surface area contributed by atoms with Crippen LogP contribution in [0.25, 0.3) is 111 Å². The molecule has 0 saturated heterocycles. The van der Waals surface area contributed by atoms with Crippen LogP contribution in [0.15, 0.2) is 194 Å². The molecule has 12 rings (SSSR count). The second kappa shape index (κ2) is 12.8. The van der Waals surface area contributed by atoms with E-state index in [0.29, 0.717) is 17.5 Å².